The van der Waals surface area contributed by atoms with Gasteiger partial charge in [0.05, 0.1) is 6.04 Å². The molecule has 45 heavy (non-hydrogen) atoms. The minimum absolute atomic E-state index is 0.115. The Bertz CT molecular complexity index is 1390. The molecule has 1 fully saturated rings. The number of carboxylic acids is 1. The fourth-order valence-corrected chi connectivity index (χ4v) is 5.28. The molecule has 0 spiro atoms. The maximum atomic E-state index is 13.6. The number of unbranched alkanes of at least 4 members (excludes halogenated alkanes) is 3. The summed E-state index contributed by atoms with van der Waals surface area (Å²) in [5.74, 6) is -3.12. The lowest BCUT2D eigenvalue weighted by Crippen LogP contribution is -2.42. The SMILES string of the molecule is CC(NC(=O)N(CCCCCCC(=O)NO)c1ccc(N2CCCCC2)cc1)c1cccc2ccccc12.O=C(O)C(F)(F)F. The van der Waals surface area contributed by atoms with Crippen molar-refractivity contribution in [1.82, 2.24) is 10.8 Å². The number of alkyl halides is 3. The number of piperidine rings is 1. The lowest BCUT2D eigenvalue weighted by molar-refractivity contribution is -0.192. The van der Waals surface area contributed by atoms with E-state index in [2.05, 4.69) is 58.7 Å². The van der Waals surface area contributed by atoms with Crippen molar-refractivity contribution in [3.05, 3.63) is 72.3 Å². The van der Waals surface area contributed by atoms with E-state index in [0.717, 1.165) is 54.4 Å². The Morgan fingerprint density at radius 1 is 0.889 bits per heavy atom. The molecule has 1 heterocycles. The first kappa shape index (κ1) is 35.2. The second-order valence-corrected chi connectivity index (χ2v) is 11.0. The van der Waals surface area contributed by atoms with Crippen LogP contribution in [0.3, 0.4) is 0 Å². The number of nitrogens with zero attached hydrogens (tertiary/aromatic N) is 2. The van der Waals surface area contributed by atoms with Crippen molar-refractivity contribution in [3.8, 4) is 0 Å². The quantitative estimate of drug-likeness (QED) is 0.101. The van der Waals surface area contributed by atoms with Crippen LogP contribution in [0, 0.1) is 0 Å². The van der Waals surface area contributed by atoms with Gasteiger partial charge in [-0.3, -0.25) is 14.9 Å². The maximum Gasteiger partial charge on any atom is 0.490 e. The van der Waals surface area contributed by atoms with Crippen LogP contribution in [-0.4, -0.2) is 54.0 Å². The predicted octanol–water partition coefficient (Wildman–Crippen LogP) is 7.20. The first-order valence-corrected chi connectivity index (χ1v) is 15.1. The third-order valence-corrected chi connectivity index (χ3v) is 7.66. The smallest absolute Gasteiger partial charge is 0.475 e. The second kappa shape index (κ2) is 17.2. The predicted molar refractivity (Wildman–Crippen MR) is 167 cm³/mol. The van der Waals surface area contributed by atoms with Gasteiger partial charge in [0.25, 0.3) is 0 Å². The number of aliphatic carboxylic acids is 1. The van der Waals surface area contributed by atoms with Crippen molar-refractivity contribution in [2.45, 2.75) is 70.5 Å². The number of carbonyl (C=O) groups is 3. The minimum atomic E-state index is -5.08. The van der Waals surface area contributed by atoms with Gasteiger partial charge in [-0.25, -0.2) is 15.1 Å². The Morgan fingerprint density at radius 3 is 2.16 bits per heavy atom. The summed E-state index contributed by atoms with van der Waals surface area (Å²) in [6.07, 6.45) is 2.26. The number of urea groups is 1. The molecule has 1 unspecified atom stereocenters. The zero-order valence-electron chi connectivity index (χ0n) is 25.4. The maximum absolute atomic E-state index is 13.6. The Labute approximate surface area is 261 Å². The number of fused-ring (bicyclic) bond motifs is 1. The Morgan fingerprint density at radius 2 is 1.51 bits per heavy atom. The zero-order chi connectivity index (χ0) is 32.8. The molecule has 1 aliphatic heterocycles. The van der Waals surface area contributed by atoms with Gasteiger partial charge < -0.3 is 15.3 Å². The number of hydroxylamine groups is 1. The molecule has 0 saturated carbocycles. The molecule has 0 aromatic heterocycles. The van der Waals surface area contributed by atoms with Crippen LogP contribution in [-0.2, 0) is 9.59 Å². The summed E-state index contributed by atoms with van der Waals surface area (Å²) >= 11 is 0. The number of anilines is 2. The molecule has 1 saturated heterocycles. The van der Waals surface area contributed by atoms with Gasteiger partial charge in [0.2, 0.25) is 5.91 Å². The van der Waals surface area contributed by atoms with Crippen molar-refractivity contribution in [2.24, 2.45) is 0 Å². The van der Waals surface area contributed by atoms with Gasteiger partial charge in [-0.05, 0) is 79.6 Å². The topological polar surface area (TPSA) is 122 Å². The first-order chi connectivity index (χ1) is 21.5. The van der Waals surface area contributed by atoms with E-state index in [1.165, 1.54) is 24.9 Å². The highest BCUT2D eigenvalue weighted by atomic mass is 19.4. The van der Waals surface area contributed by atoms with Crippen molar-refractivity contribution in [1.29, 1.82) is 0 Å². The number of carboxylic acid groups (broad SMARTS) is 1. The van der Waals surface area contributed by atoms with Crippen molar-refractivity contribution < 1.29 is 37.9 Å². The van der Waals surface area contributed by atoms with E-state index in [9.17, 15) is 22.8 Å². The Kier molecular flexibility index (Phi) is 13.5. The molecule has 0 radical (unpaired) electrons. The molecule has 1 aliphatic rings. The lowest BCUT2D eigenvalue weighted by Gasteiger charge is -2.30. The van der Waals surface area contributed by atoms with Crippen LogP contribution in [0.5, 0.6) is 0 Å². The fraction of sp³-hybridized carbons (Fsp3) is 0.424. The van der Waals surface area contributed by atoms with Gasteiger partial charge in [0, 0.05) is 37.4 Å². The van der Waals surface area contributed by atoms with Crippen LogP contribution in [0.4, 0.5) is 29.3 Å². The van der Waals surface area contributed by atoms with E-state index in [4.69, 9.17) is 15.1 Å². The highest BCUT2D eigenvalue weighted by Gasteiger charge is 2.38. The average molecular weight is 631 g/mol. The molecule has 244 valence electrons. The Balaban J connectivity index is 0.000000707. The third kappa shape index (κ3) is 11.0. The molecule has 1 atom stereocenters. The molecule has 0 aliphatic carbocycles. The number of halogens is 3. The van der Waals surface area contributed by atoms with Crippen LogP contribution in [0.15, 0.2) is 66.7 Å². The molecule has 9 nitrogen and oxygen atoms in total. The number of hydrogen-bond donors (Lipinski definition) is 4. The van der Waals surface area contributed by atoms with Gasteiger partial charge in [0.1, 0.15) is 0 Å². The van der Waals surface area contributed by atoms with Crippen molar-refractivity contribution in [3.63, 3.8) is 0 Å². The number of carbonyl (C=O) groups excluding carboxylic acids is 2. The van der Waals surface area contributed by atoms with Gasteiger partial charge in [-0.1, -0.05) is 55.3 Å². The molecule has 3 aromatic rings. The second-order valence-electron chi connectivity index (χ2n) is 11.0. The van der Waals surface area contributed by atoms with Crippen LogP contribution < -0.4 is 20.6 Å². The highest BCUT2D eigenvalue weighted by molar-refractivity contribution is 5.93. The molecule has 4 N–H and O–H groups in total. The summed E-state index contributed by atoms with van der Waals surface area (Å²) in [6, 6.07) is 22.5. The molecular weight excluding hydrogens is 589 g/mol. The van der Waals surface area contributed by atoms with Crippen molar-refractivity contribution in [2.75, 3.05) is 29.4 Å². The largest absolute Gasteiger partial charge is 0.490 e. The molecule has 12 heteroatoms. The van der Waals surface area contributed by atoms with E-state index in [0.29, 0.717) is 19.4 Å². The lowest BCUT2D eigenvalue weighted by atomic mass is 10.00. The van der Waals surface area contributed by atoms with Crippen LogP contribution in [0.1, 0.15) is 69.9 Å². The summed E-state index contributed by atoms with van der Waals surface area (Å²) in [6.45, 7) is 4.79. The number of hydrogen-bond acceptors (Lipinski definition) is 5. The van der Waals surface area contributed by atoms with Gasteiger partial charge >= 0.3 is 18.2 Å². The van der Waals surface area contributed by atoms with E-state index in [1.807, 2.05) is 30.0 Å². The molecule has 4 rings (SSSR count). The van der Waals surface area contributed by atoms with E-state index >= 15 is 0 Å². The summed E-state index contributed by atoms with van der Waals surface area (Å²) in [5, 5.41) is 21.3. The summed E-state index contributed by atoms with van der Waals surface area (Å²) in [5.41, 5.74) is 4.86. The monoisotopic (exact) mass is 630 g/mol. The van der Waals surface area contributed by atoms with Crippen LogP contribution >= 0.6 is 0 Å². The molecule has 3 aromatic carbocycles. The summed E-state index contributed by atoms with van der Waals surface area (Å²) < 4.78 is 31.7. The normalized spacial score (nSPS) is 13.8. The van der Waals surface area contributed by atoms with Crippen LogP contribution in [0.2, 0.25) is 0 Å². The van der Waals surface area contributed by atoms with Gasteiger partial charge in [-0.15, -0.1) is 0 Å². The van der Waals surface area contributed by atoms with Crippen LogP contribution in [0.25, 0.3) is 10.8 Å². The van der Waals surface area contributed by atoms with Gasteiger partial charge in [0.15, 0.2) is 0 Å². The number of nitrogens with one attached hydrogen (secondary N) is 2. The van der Waals surface area contributed by atoms with Crippen molar-refractivity contribution >= 4 is 40.1 Å². The average Bonchev–Trinajstić information content (AvgIpc) is 3.04. The van der Waals surface area contributed by atoms with E-state index in [1.54, 1.807) is 5.48 Å². The minimum Gasteiger partial charge on any atom is -0.475 e. The molecule has 3 amide bonds. The number of amides is 3. The molecule has 0 bridgehead atoms. The zero-order valence-corrected chi connectivity index (χ0v) is 25.4. The number of rotatable bonds is 11. The fourth-order valence-electron chi connectivity index (χ4n) is 5.28. The third-order valence-electron chi connectivity index (χ3n) is 7.66. The highest BCUT2D eigenvalue weighted by Crippen LogP contribution is 2.27. The van der Waals surface area contributed by atoms with E-state index in [-0.39, 0.29) is 18.0 Å². The standard InChI is InChI=1S/C31H40N4O3.C2HF3O2/c1-24(28-15-11-13-25-12-6-7-14-29(25)28)32-31(37)35(23-10-3-2-5-16-30(36)33-38)27-19-17-26(18-20-27)34-21-8-4-9-22-34;3-2(4,5)1(6)7/h6-7,11-15,17-20,24,38H,2-5,8-10,16,21-23H2,1H3,(H,32,37)(H,33,36);(H,6,7). The van der Waals surface area contributed by atoms with E-state index < -0.39 is 12.1 Å². The summed E-state index contributed by atoms with van der Waals surface area (Å²) in [7, 11) is 0. The molecular formula is C33H41F3N4O5. The first-order valence-electron chi connectivity index (χ1n) is 15.1. The summed E-state index contributed by atoms with van der Waals surface area (Å²) in [4.78, 5) is 38.0. The number of benzene rings is 3. The Hall–Kier alpha value is -4.32. The van der Waals surface area contributed by atoms with Gasteiger partial charge in [-0.2, -0.15) is 13.2 Å².